The van der Waals surface area contributed by atoms with Crippen molar-refractivity contribution in [1.29, 1.82) is 0 Å². The number of ether oxygens (including phenoxy) is 2. The van der Waals surface area contributed by atoms with Crippen LogP contribution in [0.5, 0.6) is 0 Å². The first kappa shape index (κ1) is 19.5. The molecule has 0 aliphatic heterocycles. The molecule has 0 fully saturated rings. The summed E-state index contributed by atoms with van der Waals surface area (Å²) in [7, 11) is 0. The number of carbonyl (C=O) groups is 2. The van der Waals surface area contributed by atoms with Gasteiger partial charge in [-0.05, 0) is 18.8 Å². The number of carbonyl (C=O) groups excluding carboxylic acids is 2. The molecule has 6 heteroatoms. The highest BCUT2D eigenvalue weighted by atomic mass is 16.6. The van der Waals surface area contributed by atoms with Gasteiger partial charge in [0.05, 0.1) is 13.2 Å². The third-order valence-corrected chi connectivity index (χ3v) is 3.17. The summed E-state index contributed by atoms with van der Waals surface area (Å²) < 4.78 is 9.77. The Kier molecular flexibility index (Phi) is 12.6. The molecule has 0 heterocycles. The van der Waals surface area contributed by atoms with Gasteiger partial charge in [0.1, 0.15) is 0 Å². The Bertz CT molecular complexity index is 319. The van der Waals surface area contributed by atoms with Crippen molar-refractivity contribution in [3.8, 4) is 0 Å². The average Bonchev–Trinajstić information content (AvgIpc) is 2.49. The molecule has 0 aromatic heterocycles. The third kappa shape index (κ3) is 12.0. The van der Waals surface area contributed by atoms with Gasteiger partial charge in [-0.1, -0.05) is 63.1 Å². The summed E-state index contributed by atoms with van der Waals surface area (Å²) in [5.41, 5.74) is 0. The molecule has 0 aromatic rings. The molecule has 0 aromatic carbocycles. The zero-order valence-electron chi connectivity index (χ0n) is 13.5. The Balaban J connectivity index is 3.85. The molecule has 0 N–H and O–H groups in total. The van der Waals surface area contributed by atoms with E-state index >= 15 is 0 Å². The second kappa shape index (κ2) is 13.5. The maximum absolute atomic E-state index is 11.3. The van der Waals surface area contributed by atoms with Gasteiger partial charge in [0.15, 0.2) is 0 Å². The molecule has 2 amide bonds. The van der Waals surface area contributed by atoms with Crippen molar-refractivity contribution in [2.24, 2.45) is 16.1 Å². The minimum atomic E-state index is -0.846. The summed E-state index contributed by atoms with van der Waals surface area (Å²) in [5, 5.41) is 6.38. The maximum Gasteiger partial charge on any atom is 0.452 e. The van der Waals surface area contributed by atoms with Gasteiger partial charge < -0.3 is 9.47 Å². The van der Waals surface area contributed by atoms with Crippen molar-refractivity contribution < 1.29 is 19.1 Å². The van der Waals surface area contributed by atoms with Crippen molar-refractivity contribution in [1.82, 2.24) is 0 Å². The summed E-state index contributed by atoms with van der Waals surface area (Å²) in [5.74, 6) is 0.338. The van der Waals surface area contributed by atoms with Crippen molar-refractivity contribution in [3.63, 3.8) is 0 Å². The lowest BCUT2D eigenvalue weighted by Crippen LogP contribution is -2.11. The lowest BCUT2D eigenvalue weighted by Gasteiger charge is -2.12. The fourth-order valence-corrected chi connectivity index (χ4v) is 1.74. The van der Waals surface area contributed by atoms with E-state index in [1.807, 2.05) is 0 Å². The van der Waals surface area contributed by atoms with E-state index in [4.69, 9.17) is 9.47 Å². The number of amides is 2. The minimum absolute atomic E-state index is 0.301. The predicted molar refractivity (Wildman–Crippen MR) is 80.4 cm³/mol. The van der Waals surface area contributed by atoms with Gasteiger partial charge in [-0.3, -0.25) is 0 Å². The number of unbranched alkanes of at least 4 members (excludes halogenated alkanes) is 3. The smallest absolute Gasteiger partial charge is 0.447 e. The van der Waals surface area contributed by atoms with Crippen molar-refractivity contribution >= 4 is 12.2 Å². The van der Waals surface area contributed by atoms with Crippen molar-refractivity contribution in [2.75, 3.05) is 13.2 Å². The standard InChI is InChI=1S/C15H28N2O4/c1-4-7-9-11-20-14(18)16-17-15(19)21-12-13(6-3)10-8-5-2/h13H,4-12H2,1-3H3/b17-16+. The molecule has 0 saturated heterocycles. The van der Waals surface area contributed by atoms with E-state index in [9.17, 15) is 9.59 Å². The zero-order chi connectivity index (χ0) is 15.9. The summed E-state index contributed by atoms with van der Waals surface area (Å²) in [6, 6.07) is 0. The van der Waals surface area contributed by atoms with Crippen LogP contribution in [0.2, 0.25) is 0 Å². The molecule has 21 heavy (non-hydrogen) atoms. The van der Waals surface area contributed by atoms with E-state index in [1.54, 1.807) is 0 Å². The highest BCUT2D eigenvalue weighted by molar-refractivity contribution is 5.73. The van der Waals surface area contributed by atoms with Crippen LogP contribution in [0.25, 0.3) is 0 Å². The molecule has 0 bridgehead atoms. The van der Waals surface area contributed by atoms with E-state index < -0.39 is 12.2 Å². The number of azo groups is 1. The first-order chi connectivity index (χ1) is 10.1. The van der Waals surface area contributed by atoms with Crippen molar-refractivity contribution in [2.45, 2.75) is 65.7 Å². The van der Waals surface area contributed by atoms with Crippen LogP contribution in [0, 0.1) is 5.92 Å². The molecule has 122 valence electrons. The molecular weight excluding hydrogens is 272 g/mol. The summed E-state index contributed by atoms with van der Waals surface area (Å²) >= 11 is 0. The van der Waals surface area contributed by atoms with Crippen LogP contribution in [0.15, 0.2) is 10.2 Å². The minimum Gasteiger partial charge on any atom is -0.447 e. The SMILES string of the molecule is CCCCCOC(=O)/N=N/C(=O)OCC(CC)CCCC. The van der Waals surface area contributed by atoms with Crippen LogP contribution in [0.4, 0.5) is 9.59 Å². The first-order valence-electron chi connectivity index (χ1n) is 7.89. The van der Waals surface area contributed by atoms with E-state index in [0.29, 0.717) is 19.1 Å². The van der Waals surface area contributed by atoms with Gasteiger partial charge in [0, 0.05) is 0 Å². The summed E-state index contributed by atoms with van der Waals surface area (Å²) in [6.45, 7) is 6.86. The molecule has 0 radical (unpaired) electrons. The quantitative estimate of drug-likeness (QED) is 0.414. The van der Waals surface area contributed by atoms with Gasteiger partial charge in [-0.25, -0.2) is 9.59 Å². The van der Waals surface area contributed by atoms with E-state index in [1.165, 1.54) is 0 Å². The molecule has 0 aliphatic carbocycles. The van der Waals surface area contributed by atoms with Crippen LogP contribution in [-0.2, 0) is 9.47 Å². The first-order valence-corrected chi connectivity index (χ1v) is 7.89. The van der Waals surface area contributed by atoms with Gasteiger partial charge in [-0.2, -0.15) is 0 Å². The van der Waals surface area contributed by atoms with Crippen LogP contribution < -0.4 is 0 Å². The largest absolute Gasteiger partial charge is 0.452 e. The molecular formula is C15H28N2O4. The number of hydrogen-bond acceptors (Lipinski definition) is 4. The van der Waals surface area contributed by atoms with Crippen LogP contribution in [0.3, 0.4) is 0 Å². The molecule has 0 spiro atoms. The molecule has 6 nitrogen and oxygen atoms in total. The Morgan fingerprint density at radius 2 is 1.52 bits per heavy atom. The zero-order valence-corrected chi connectivity index (χ0v) is 13.5. The second-order valence-electron chi connectivity index (χ2n) is 5.01. The van der Waals surface area contributed by atoms with E-state index in [0.717, 1.165) is 44.9 Å². The van der Waals surface area contributed by atoms with Gasteiger partial charge in [-0.15, -0.1) is 0 Å². The molecule has 0 rings (SSSR count). The molecule has 0 aliphatic rings. The van der Waals surface area contributed by atoms with E-state index in [-0.39, 0.29) is 0 Å². The second-order valence-corrected chi connectivity index (χ2v) is 5.01. The average molecular weight is 300 g/mol. The fraction of sp³-hybridized carbons (Fsp3) is 0.867. The summed E-state index contributed by atoms with van der Waals surface area (Å²) in [6.07, 6.45) is 5.34. The van der Waals surface area contributed by atoms with Gasteiger partial charge in [0.2, 0.25) is 0 Å². The lowest BCUT2D eigenvalue weighted by molar-refractivity contribution is 0.128. The van der Waals surface area contributed by atoms with Crippen molar-refractivity contribution in [3.05, 3.63) is 0 Å². The molecule has 1 atom stereocenters. The topological polar surface area (TPSA) is 77.3 Å². The Hall–Kier alpha value is -1.46. The van der Waals surface area contributed by atoms with Gasteiger partial charge >= 0.3 is 12.2 Å². The maximum atomic E-state index is 11.3. The Labute approximate surface area is 127 Å². The number of rotatable bonds is 10. The highest BCUT2D eigenvalue weighted by Gasteiger charge is 2.10. The molecule has 1 unspecified atom stereocenters. The monoisotopic (exact) mass is 300 g/mol. The normalized spacial score (nSPS) is 12.3. The predicted octanol–water partition coefficient (Wildman–Crippen LogP) is 5.12. The van der Waals surface area contributed by atoms with Gasteiger partial charge in [0.25, 0.3) is 0 Å². The Morgan fingerprint density at radius 1 is 0.905 bits per heavy atom. The number of nitrogens with zero attached hydrogens (tertiary/aromatic N) is 2. The highest BCUT2D eigenvalue weighted by Crippen LogP contribution is 2.13. The number of hydrogen-bond donors (Lipinski definition) is 0. The van der Waals surface area contributed by atoms with Crippen LogP contribution in [-0.4, -0.2) is 25.4 Å². The Morgan fingerprint density at radius 3 is 2.10 bits per heavy atom. The van der Waals surface area contributed by atoms with Crippen LogP contribution >= 0.6 is 0 Å². The van der Waals surface area contributed by atoms with Crippen LogP contribution in [0.1, 0.15) is 65.7 Å². The lowest BCUT2D eigenvalue weighted by atomic mass is 10.0. The summed E-state index contributed by atoms with van der Waals surface area (Å²) in [4.78, 5) is 22.5. The van der Waals surface area contributed by atoms with E-state index in [2.05, 4.69) is 31.0 Å². The molecule has 0 saturated carbocycles. The fourth-order valence-electron chi connectivity index (χ4n) is 1.74. The third-order valence-electron chi connectivity index (χ3n) is 3.17.